The Hall–Kier alpha value is -0.630. The van der Waals surface area contributed by atoms with E-state index in [9.17, 15) is 0 Å². The highest BCUT2D eigenvalue weighted by Gasteiger charge is 1.97. The molecular formula is C8H11ClN2. The van der Waals surface area contributed by atoms with Crippen molar-refractivity contribution >= 4 is 11.6 Å². The zero-order valence-electron chi connectivity index (χ0n) is 6.50. The zero-order valence-corrected chi connectivity index (χ0v) is 7.25. The van der Waals surface area contributed by atoms with Gasteiger partial charge in [-0.05, 0) is 25.8 Å². The monoisotopic (exact) mass is 170 g/mol. The van der Waals surface area contributed by atoms with Gasteiger partial charge in [-0.2, -0.15) is 0 Å². The van der Waals surface area contributed by atoms with E-state index < -0.39 is 0 Å². The smallest absolute Gasteiger partial charge is 0.115 e. The van der Waals surface area contributed by atoms with Gasteiger partial charge in [-0.25, -0.2) is 9.97 Å². The first-order valence-electron chi connectivity index (χ1n) is 3.68. The van der Waals surface area contributed by atoms with Crippen LogP contribution in [0.4, 0.5) is 0 Å². The second-order valence-electron chi connectivity index (χ2n) is 2.52. The predicted octanol–water partition coefficient (Wildman–Crippen LogP) is 2.04. The number of hydrogen-bond donors (Lipinski definition) is 0. The largest absolute Gasteiger partial charge is 0.245 e. The Morgan fingerprint density at radius 1 is 1.64 bits per heavy atom. The summed E-state index contributed by atoms with van der Waals surface area (Å²) in [5, 5.41) is 0.227. The van der Waals surface area contributed by atoms with E-state index in [4.69, 9.17) is 11.6 Å². The molecule has 60 valence electrons. The third-order valence-corrected chi connectivity index (χ3v) is 1.66. The van der Waals surface area contributed by atoms with Crippen molar-refractivity contribution in [1.29, 1.82) is 0 Å². The Bertz CT molecular complexity index is 199. The molecule has 0 bridgehead atoms. The summed E-state index contributed by atoms with van der Waals surface area (Å²) >= 11 is 5.78. The minimum absolute atomic E-state index is 0.227. The van der Waals surface area contributed by atoms with Crippen molar-refractivity contribution in [3.63, 3.8) is 0 Å². The van der Waals surface area contributed by atoms with Crippen molar-refractivity contribution in [3.05, 3.63) is 24.3 Å². The molecule has 0 aromatic carbocycles. The van der Waals surface area contributed by atoms with E-state index in [-0.39, 0.29) is 5.38 Å². The van der Waals surface area contributed by atoms with Gasteiger partial charge in [-0.15, -0.1) is 11.6 Å². The maximum absolute atomic E-state index is 5.78. The number of hydrogen-bond acceptors (Lipinski definition) is 2. The highest BCUT2D eigenvalue weighted by molar-refractivity contribution is 6.20. The third-order valence-electron chi connectivity index (χ3n) is 1.44. The molecule has 11 heavy (non-hydrogen) atoms. The quantitative estimate of drug-likeness (QED) is 0.649. The van der Waals surface area contributed by atoms with Crippen LogP contribution in [0.25, 0.3) is 0 Å². The number of alkyl halides is 1. The van der Waals surface area contributed by atoms with E-state index in [1.165, 1.54) is 0 Å². The lowest BCUT2D eigenvalue weighted by atomic mass is 10.2. The van der Waals surface area contributed by atoms with Gasteiger partial charge in [-0.1, -0.05) is 0 Å². The molecule has 0 aliphatic carbocycles. The molecule has 1 rings (SSSR count). The second kappa shape index (κ2) is 4.29. The second-order valence-corrected chi connectivity index (χ2v) is 3.27. The first-order valence-corrected chi connectivity index (χ1v) is 4.11. The Morgan fingerprint density at radius 3 is 3.00 bits per heavy atom. The van der Waals surface area contributed by atoms with Gasteiger partial charge >= 0.3 is 0 Å². The van der Waals surface area contributed by atoms with Crippen molar-refractivity contribution in [2.45, 2.75) is 25.1 Å². The molecule has 1 atom stereocenters. The van der Waals surface area contributed by atoms with E-state index in [0.29, 0.717) is 0 Å². The van der Waals surface area contributed by atoms with Gasteiger partial charge < -0.3 is 0 Å². The van der Waals surface area contributed by atoms with Gasteiger partial charge in [0.05, 0.1) is 0 Å². The Balaban J connectivity index is 2.39. The molecule has 0 fully saturated rings. The minimum atomic E-state index is 0.227. The van der Waals surface area contributed by atoms with E-state index in [1.807, 2.05) is 13.0 Å². The van der Waals surface area contributed by atoms with Gasteiger partial charge in [0.2, 0.25) is 0 Å². The molecule has 3 heteroatoms. The third kappa shape index (κ3) is 3.33. The topological polar surface area (TPSA) is 25.8 Å². The molecule has 0 amide bonds. The molecule has 0 saturated carbocycles. The molecule has 1 aromatic rings. The standard InChI is InChI=1S/C8H11ClN2/c1-7(9)2-3-8-4-5-10-6-11-8/h4-7H,2-3H2,1H3. The Kier molecular flexibility index (Phi) is 3.30. The van der Waals surface area contributed by atoms with E-state index in [0.717, 1.165) is 18.5 Å². The lowest BCUT2D eigenvalue weighted by molar-refractivity contribution is 0.780. The van der Waals surface area contributed by atoms with Gasteiger partial charge in [0, 0.05) is 17.3 Å². The van der Waals surface area contributed by atoms with Gasteiger partial charge in [0.15, 0.2) is 0 Å². The number of nitrogens with zero attached hydrogens (tertiary/aromatic N) is 2. The summed E-state index contributed by atoms with van der Waals surface area (Å²) in [4.78, 5) is 7.91. The number of aryl methyl sites for hydroxylation is 1. The van der Waals surface area contributed by atoms with E-state index >= 15 is 0 Å². The van der Waals surface area contributed by atoms with Gasteiger partial charge in [0.25, 0.3) is 0 Å². The fourth-order valence-electron chi connectivity index (χ4n) is 0.813. The molecule has 0 aliphatic rings. The average Bonchev–Trinajstić information content (AvgIpc) is 2.03. The van der Waals surface area contributed by atoms with Gasteiger partial charge in [0.1, 0.15) is 6.33 Å². The lowest BCUT2D eigenvalue weighted by Crippen LogP contribution is -1.96. The number of halogens is 1. The summed E-state index contributed by atoms with van der Waals surface area (Å²) in [7, 11) is 0. The van der Waals surface area contributed by atoms with Crippen LogP contribution >= 0.6 is 11.6 Å². The molecule has 1 heterocycles. The highest BCUT2D eigenvalue weighted by atomic mass is 35.5. The first kappa shape index (κ1) is 8.47. The maximum Gasteiger partial charge on any atom is 0.115 e. The van der Waals surface area contributed by atoms with Crippen LogP contribution in [0, 0.1) is 0 Å². The van der Waals surface area contributed by atoms with E-state index in [1.54, 1.807) is 12.5 Å². The summed E-state index contributed by atoms with van der Waals surface area (Å²) in [6.45, 7) is 1.99. The molecule has 0 N–H and O–H groups in total. The molecule has 2 nitrogen and oxygen atoms in total. The average molecular weight is 171 g/mol. The van der Waals surface area contributed by atoms with Crippen LogP contribution < -0.4 is 0 Å². The van der Waals surface area contributed by atoms with Crippen LogP contribution in [-0.4, -0.2) is 15.3 Å². The SMILES string of the molecule is CC(Cl)CCc1ccncn1. The normalized spacial score (nSPS) is 12.9. The minimum Gasteiger partial charge on any atom is -0.245 e. The van der Waals surface area contributed by atoms with Crippen LogP contribution in [-0.2, 0) is 6.42 Å². The molecule has 0 radical (unpaired) electrons. The molecule has 0 saturated heterocycles. The lowest BCUT2D eigenvalue weighted by Gasteiger charge is -2.00. The van der Waals surface area contributed by atoms with Gasteiger partial charge in [-0.3, -0.25) is 0 Å². The van der Waals surface area contributed by atoms with Crippen LogP contribution in [0.15, 0.2) is 18.6 Å². The van der Waals surface area contributed by atoms with Crippen LogP contribution in [0.2, 0.25) is 0 Å². The van der Waals surface area contributed by atoms with Crippen molar-refractivity contribution in [3.8, 4) is 0 Å². The molecule has 1 unspecified atom stereocenters. The van der Waals surface area contributed by atoms with Crippen molar-refractivity contribution in [2.75, 3.05) is 0 Å². The summed E-state index contributed by atoms with van der Waals surface area (Å²) in [5.41, 5.74) is 1.06. The van der Waals surface area contributed by atoms with Crippen LogP contribution in [0.5, 0.6) is 0 Å². The number of aromatic nitrogens is 2. The number of rotatable bonds is 3. The summed E-state index contributed by atoms with van der Waals surface area (Å²) in [6, 6.07) is 1.92. The first-order chi connectivity index (χ1) is 5.29. The molecular weight excluding hydrogens is 160 g/mol. The fraction of sp³-hybridized carbons (Fsp3) is 0.500. The van der Waals surface area contributed by atoms with Crippen molar-refractivity contribution in [1.82, 2.24) is 9.97 Å². The van der Waals surface area contributed by atoms with Crippen LogP contribution in [0.1, 0.15) is 19.0 Å². The predicted molar refractivity (Wildman–Crippen MR) is 45.7 cm³/mol. The van der Waals surface area contributed by atoms with E-state index in [2.05, 4.69) is 9.97 Å². The molecule has 0 spiro atoms. The Labute approximate surface area is 71.6 Å². The van der Waals surface area contributed by atoms with Crippen LogP contribution in [0.3, 0.4) is 0 Å². The fourth-order valence-corrected chi connectivity index (χ4v) is 0.922. The molecule has 1 aromatic heterocycles. The summed E-state index contributed by atoms with van der Waals surface area (Å²) in [6.07, 6.45) is 5.22. The highest BCUT2D eigenvalue weighted by Crippen LogP contribution is 2.05. The maximum atomic E-state index is 5.78. The summed E-state index contributed by atoms with van der Waals surface area (Å²) < 4.78 is 0. The molecule has 0 aliphatic heterocycles. The van der Waals surface area contributed by atoms with Crippen molar-refractivity contribution < 1.29 is 0 Å². The summed E-state index contributed by atoms with van der Waals surface area (Å²) in [5.74, 6) is 0. The Morgan fingerprint density at radius 2 is 2.45 bits per heavy atom. The van der Waals surface area contributed by atoms with Crippen molar-refractivity contribution in [2.24, 2.45) is 0 Å². The zero-order chi connectivity index (χ0) is 8.10.